The zero-order chi connectivity index (χ0) is 10.3. The van der Waals surface area contributed by atoms with Crippen molar-refractivity contribution >= 4 is 0 Å². The molecule has 0 aromatic rings. The molecule has 0 aromatic heterocycles. The van der Waals surface area contributed by atoms with E-state index in [1.165, 1.54) is 6.08 Å². The molecule has 0 radical (unpaired) electrons. The monoisotopic (exact) mass is 190 g/mol. The molecule has 0 amide bonds. The summed E-state index contributed by atoms with van der Waals surface area (Å²) in [7, 11) is 0. The molecular formula is C10H13F3. The molecule has 74 valence electrons. The molecule has 0 nitrogen and oxygen atoms in total. The molecule has 0 fully saturated rings. The van der Waals surface area contributed by atoms with Gasteiger partial charge in [-0.1, -0.05) is 31.2 Å². The average Bonchev–Trinajstić information content (AvgIpc) is 2.01. The summed E-state index contributed by atoms with van der Waals surface area (Å²) in [4.78, 5) is 0. The minimum atomic E-state index is -4.22. The average molecular weight is 190 g/mol. The van der Waals surface area contributed by atoms with E-state index in [2.05, 4.69) is 0 Å². The summed E-state index contributed by atoms with van der Waals surface area (Å²) < 4.78 is 35.0. The Bertz CT molecular complexity index is 219. The van der Waals surface area contributed by atoms with Gasteiger partial charge in [0.1, 0.15) is 0 Å². The van der Waals surface area contributed by atoms with Gasteiger partial charge in [0, 0.05) is 6.08 Å². The van der Waals surface area contributed by atoms with Crippen LogP contribution in [-0.4, -0.2) is 6.18 Å². The smallest absolute Gasteiger partial charge is 0.167 e. The molecule has 0 N–H and O–H groups in total. The zero-order valence-corrected chi connectivity index (χ0v) is 7.73. The van der Waals surface area contributed by atoms with Crippen molar-refractivity contribution in [2.75, 3.05) is 0 Å². The van der Waals surface area contributed by atoms with Crippen molar-refractivity contribution in [3.63, 3.8) is 0 Å². The first-order chi connectivity index (χ1) is 5.99. The largest absolute Gasteiger partial charge is 0.409 e. The predicted octanol–water partition coefficient (Wildman–Crippen LogP) is 4.02. The van der Waals surface area contributed by atoms with Crippen molar-refractivity contribution in [1.29, 1.82) is 0 Å². The van der Waals surface area contributed by atoms with Crippen molar-refractivity contribution in [2.45, 2.75) is 26.4 Å². The first kappa shape index (κ1) is 12.0. The highest BCUT2D eigenvalue weighted by atomic mass is 19.4. The number of hydrogen-bond acceptors (Lipinski definition) is 0. The van der Waals surface area contributed by atoms with Crippen LogP contribution < -0.4 is 0 Å². The number of hydrogen-bond donors (Lipinski definition) is 0. The standard InChI is InChI=1S/C10H13F3/c1-3-6-9(4-2)7-5-8-10(11,12)13/h3,5-8H,4H2,1-2H3/b6-3-,8-5+,9-7-. The first-order valence-electron chi connectivity index (χ1n) is 4.07. The van der Waals surface area contributed by atoms with E-state index in [0.29, 0.717) is 0 Å². The van der Waals surface area contributed by atoms with Gasteiger partial charge in [-0.05, 0) is 18.9 Å². The van der Waals surface area contributed by atoms with Gasteiger partial charge in [-0.2, -0.15) is 13.2 Å². The zero-order valence-electron chi connectivity index (χ0n) is 7.73. The maximum atomic E-state index is 11.7. The van der Waals surface area contributed by atoms with Gasteiger partial charge in [0.05, 0.1) is 0 Å². The highest BCUT2D eigenvalue weighted by Crippen LogP contribution is 2.16. The quantitative estimate of drug-likeness (QED) is 0.589. The molecule has 13 heavy (non-hydrogen) atoms. The molecular weight excluding hydrogens is 177 g/mol. The third-order valence-electron chi connectivity index (χ3n) is 1.38. The Labute approximate surface area is 76.5 Å². The summed E-state index contributed by atoms with van der Waals surface area (Å²) in [6.07, 6.45) is 2.83. The lowest BCUT2D eigenvalue weighted by Gasteiger charge is -1.96. The molecule has 3 heteroatoms. The Kier molecular flexibility index (Phi) is 5.19. The third-order valence-corrected chi connectivity index (χ3v) is 1.38. The van der Waals surface area contributed by atoms with Gasteiger partial charge in [-0.15, -0.1) is 0 Å². The molecule has 0 aliphatic rings. The van der Waals surface area contributed by atoms with Gasteiger partial charge < -0.3 is 0 Å². The Morgan fingerprint density at radius 2 is 1.92 bits per heavy atom. The molecule has 0 atom stereocenters. The fourth-order valence-electron chi connectivity index (χ4n) is 0.786. The van der Waals surface area contributed by atoms with Gasteiger partial charge in [-0.3, -0.25) is 0 Å². The van der Waals surface area contributed by atoms with Crippen LogP contribution in [0.15, 0.2) is 36.0 Å². The highest BCUT2D eigenvalue weighted by molar-refractivity contribution is 5.23. The van der Waals surface area contributed by atoms with Crippen LogP contribution in [0.2, 0.25) is 0 Å². The van der Waals surface area contributed by atoms with Crippen LogP contribution in [0, 0.1) is 0 Å². The first-order valence-corrected chi connectivity index (χ1v) is 4.07. The Morgan fingerprint density at radius 3 is 2.31 bits per heavy atom. The maximum Gasteiger partial charge on any atom is 0.409 e. The van der Waals surface area contributed by atoms with Crippen molar-refractivity contribution in [3.05, 3.63) is 36.0 Å². The van der Waals surface area contributed by atoms with Crippen LogP contribution in [-0.2, 0) is 0 Å². The van der Waals surface area contributed by atoms with Crippen LogP contribution in [0.3, 0.4) is 0 Å². The van der Waals surface area contributed by atoms with E-state index in [-0.39, 0.29) is 6.08 Å². The minimum Gasteiger partial charge on any atom is -0.167 e. The van der Waals surface area contributed by atoms with Crippen LogP contribution in [0.25, 0.3) is 0 Å². The molecule has 0 heterocycles. The summed E-state index contributed by atoms with van der Waals surface area (Å²) in [6, 6.07) is 0. The van der Waals surface area contributed by atoms with Gasteiger partial charge in [0.2, 0.25) is 0 Å². The van der Waals surface area contributed by atoms with Crippen LogP contribution >= 0.6 is 0 Å². The van der Waals surface area contributed by atoms with E-state index < -0.39 is 6.18 Å². The summed E-state index contributed by atoms with van der Waals surface area (Å²) in [6.45, 7) is 3.73. The van der Waals surface area contributed by atoms with Crippen LogP contribution in [0.1, 0.15) is 20.3 Å². The second kappa shape index (κ2) is 5.62. The molecule has 0 aliphatic carbocycles. The van der Waals surface area contributed by atoms with E-state index in [1.807, 2.05) is 13.8 Å². The predicted molar refractivity (Wildman–Crippen MR) is 48.4 cm³/mol. The van der Waals surface area contributed by atoms with Crippen LogP contribution in [0.5, 0.6) is 0 Å². The molecule has 0 aromatic carbocycles. The highest BCUT2D eigenvalue weighted by Gasteiger charge is 2.21. The molecule has 0 unspecified atom stereocenters. The summed E-state index contributed by atoms with van der Waals surface area (Å²) in [5.41, 5.74) is 0.878. The fourth-order valence-corrected chi connectivity index (χ4v) is 0.786. The Balaban J connectivity index is 4.30. The number of halogens is 3. The lowest BCUT2D eigenvalue weighted by Crippen LogP contribution is -1.99. The normalized spacial score (nSPS) is 14.7. The van der Waals surface area contributed by atoms with Gasteiger partial charge >= 0.3 is 6.18 Å². The van der Waals surface area contributed by atoms with E-state index in [1.54, 1.807) is 12.2 Å². The van der Waals surface area contributed by atoms with Crippen molar-refractivity contribution in [1.82, 2.24) is 0 Å². The SMILES string of the molecule is C\C=C/C(=C\C=C\C(F)(F)F)CC. The van der Waals surface area contributed by atoms with Gasteiger partial charge in [0.15, 0.2) is 0 Å². The topological polar surface area (TPSA) is 0 Å². The third kappa shape index (κ3) is 7.37. The van der Waals surface area contributed by atoms with E-state index in [9.17, 15) is 13.2 Å². The minimum absolute atomic E-state index is 0.228. The van der Waals surface area contributed by atoms with Gasteiger partial charge in [0.25, 0.3) is 0 Å². The van der Waals surface area contributed by atoms with E-state index in [0.717, 1.165) is 18.1 Å². The second-order valence-electron chi connectivity index (χ2n) is 2.50. The number of rotatable bonds is 3. The van der Waals surface area contributed by atoms with Crippen molar-refractivity contribution < 1.29 is 13.2 Å². The van der Waals surface area contributed by atoms with E-state index in [4.69, 9.17) is 0 Å². The molecule has 0 bridgehead atoms. The second-order valence-corrected chi connectivity index (χ2v) is 2.50. The molecule has 0 saturated heterocycles. The Morgan fingerprint density at radius 1 is 1.31 bits per heavy atom. The Hall–Kier alpha value is -0.990. The molecule has 0 aliphatic heterocycles. The lowest BCUT2D eigenvalue weighted by molar-refractivity contribution is -0.0798. The lowest BCUT2D eigenvalue weighted by atomic mass is 10.2. The van der Waals surface area contributed by atoms with Crippen LogP contribution in [0.4, 0.5) is 13.2 Å². The number of allylic oxidation sites excluding steroid dienone is 6. The molecule has 0 saturated carbocycles. The summed E-state index contributed by atoms with van der Waals surface area (Å²) in [5.74, 6) is 0. The number of alkyl halides is 3. The van der Waals surface area contributed by atoms with Crippen molar-refractivity contribution in [2.24, 2.45) is 0 Å². The fraction of sp³-hybridized carbons (Fsp3) is 0.400. The molecule has 0 spiro atoms. The summed E-state index contributed by atoms with van der Waals surface area (Å²) >= 11 is 0. The summed E-state index contributed by atoms with van der Waals surface area (Å²) in [5, 5.41) is 0. The van der Waals surface area contributed by atoms with Crippen molar-refractivity contribution in [3.8, 4) is 0 Å². The maximum absolute atomic E-state index is 11.7. The van der Waals surface area contributed by atoms with Gasteiger partial charge in [-0.25, -0.2) is 0 Å². The molecule has 0 rings (SSSR count). The van der Waals surface area contributed by atoms with E-state index >= 15 is 0 Å².